The number of amides is 4. The van der Waals surface area contributed by atoms with Crippen molar-refractivity contribution in [2.75, 3.05) is 29.0 Å². The van der Waals surface area contributed by atoms with E-state index in [1.807, 2.05) is 32.0 Å². The van der Waals surface area contributed by atoms with Crippen molar-refractivity contribution in [3.05, 3.63) is 88.9 Å². The zero-order valence-corrected chi connectivity index (χ0v) is 19.1. The van der Waals surface area contributed by atoms with Gasteiger partial charge >= 0.3 is 6.03 Å². The molecule has 0 bridgehead atoms. The number of halogens is 1. The minimum Gasteiger partial charge on any atom is -0.339 e. The highest BCUT2D eigenvalue weighted by molar-refractivity contribution is 6.34. The Balaban J connectivity index is 1.61. The number of benzene rings is 3. The third-order valence-corrected chi connectivity index (χ3v) is 5.26. The minimum absolute atomic E-state index is 0.151. The van der Waals surface area contributed by atoms with Gasteiger partial charge in [-0.1, -0.05) is 29.8 Å². The number of carbonyl (C=O) groups excluding carboxylic acids is 3. The van der Waals surface area contributed by atoms with Gasteiger partial charge in [0, 0.05) is 35.7 Å². The largest absolute Gasteiger partial charge is 0.339 e. The average molecular weight is 465 g/mol. The number of rotatable bonds is 7. The number of hydrogen-bond acceptors (Lipinski definition) is 3. The number of hydrogen-bond donors (Lipinski definition) is 3. The molecule has 3 aromatic rings. The van der Waals surface area contributed by atoms with Crippen LogP contribution in [0.5, 0.6) is 0 Å². The van der Waals surface area contributed by atoms with Crippen LogP contribution >= 0.6 is 11.6 Å². The maximum atomic E-state index is 12.6. The maximum Gasteiger partial charge on any atom is 0.323 e. The summed E-state index contributed by atoms with van der Waals surface area (Å²) in [5.74, 6) is -0.489. The summed E-state index contributed by atoms with van der Waals surface area (Å²) in [6.45, 7) is 4.98. The van der Waals surface area contributed by atoms with Crippen LogP contribution in [0.25, 0.3) is 0 Å². The lowest BCUT2D eigenvalue weighted by Gasteiger charge is -2.19. The summed E-state index contributed by atoms with van der Waals surface area (Å²) in [5, 5.41) is 8.48. The summed E-state index contributed by atoms with van der Waals surface area (Å²) in [7, 11) is 0. The zero-order chi connectivity index (χ0) is 23.8. The third kappa shape index (κ3) is 6.33. The molecule has 4 amide bonds. The fourth-order valence-corrected chi connectivity index (χ4v) is 3.43. The molecule has 0 aliphatic rings. The molecule has 0 saturated carbocycles. The van der Waals surface area contributed by atoms with Crippen molar-refractivity contribution in [1.82, 2.24) is 4.90 Å². The highest BCUT2D eigenvalue weighted by Crippen LogP contribution is 2.23. The van der Waals surface area contributed by atoms with Crippen LogP contribution in [0.1, 0.15) is 34.6 Å². The Morgan fingerprint density at radius 3 is 1.91 bits per heavy atom. The average Bonchev–Trinajstić information content (AvgIpc) is 2.81. The molecule has 7 nitrogen and oxygen atoms in total. The van der Waals surface area contributed by atoms with E-state index >= 15 is 0 Å². The van der Waals surface area contributed by atoms with E-state index in [2.05, 4.69) is 16.0 Å². The van der Waals surface area contributed by atoms with Crippen LogP contribution in [0.2, 0.25) is 5.02 Å². The first kappa shape index (κ1) is 23.8. The molecule has 0 aromatic heterocycles. The van der Waals surface area contributed by atoms with Gasteiger partial charge in [0.1, 0.15) is 0 Å². The summed E-state index contributed by atoms with van der Waals surface area (Å²) in [6, 6.07) is 20.0. The van der Waals surface area contributed by atoms with Crippen LogP contribution in [0.15, 0.2) is 72.8 Å². The number of nitrogens with zero attached hydrogens (tertiary/aromatic N) is 1. The predicted octanol–water partition coefficient (Wildman–Crippen LogP) is 5.72. The number of urea groups is 1. The SMILES string of the molecule is CCN(CC)C(=O)c1ccc(NC(=O)c2ccc(NC(=O)Nc3ccccc3)cc2)cc1Cl. The molecule has 0 atom stereocenters. The first-order valence-electron chi connectivity index (χ1n) is 10.5. The van der Waals surface area contributed by atoms with Crippen molar-refractivity contribution in [2.45, 2.75) is 13.8 Å². The van der Waals surface area contributed by atoms with Crippen molar-refractivity contribution >= 4 is 46.5 Å². The molecule has 170 valence electrons. The lowest BCUT2D eigenvalue weighted by Crippen LogP contribution is -2.30. The molecule has 33 heavy (non-hydrogen) atoms. The van der Waals surface area contributed by atoms with Crippen molar-refractivity contribution in [2.24, 2.45) is 0 Å². The molecule has 0 aliphatic carbocycles. The smallest absolute Gasteiger partial charge is 0.323 e. The van der Waals surface area contributed by atoms with E-state index in [0.717, 1.165) is 0 Å². The van der Waals surface area contributed by atoms with Gasteiger partial charge in [-0.2, -0.15) is 0 Å². The van der Waals surface area contributed by atoms with Crippen LogP contribution in [0.4, 0.5) is 21.9 Å². The van der Waals surface area contributed by atoms with Crippen molar-refractivity contribution in [3.8, 4) is 0 Å². The maximum absolute atomic E-state index is 12.6. The van der Waals surface area contributed by atoms with Gasteiger partial charge < -0.3 is 20.9 Å². The highest BCUT2D eigenvalue weighted by atomic mass is 35.5. The first-order valence-corrected chi connectivity index (χ1v) is 10.9. The fourth-order valence-electron chi connectivity index (χ4n) is 3.17. The minimum atomic E-state index is -0.382. The van der Waals surface area contributed by atoms with Gasteiger partial charge in [0.15, 0.2) is 0 Å². The molecule has 3 rings (SSSR count). The van der Waals surface area contributed by atoms with E-state index in [0.29, 0.717) is 41.3 Å². The van der Waals surface area contributed by atoms with Gasteiger partial charge in [0.05, 0.1) is 10.6 Å². The Hall–Kier alpha value is -3.84. The van der Waals surface area contributed by atoms with E-state index in [1.54, 1.807) is 59.5 Å². The van der Waals surface area contributed by atoms with Crippen molar-refractivity contribution < 1.29 is 14.4 Å². The molecule has 0 radical (unpaired) electrons. The van der Waals surface area contributed by atoms with Gasteiger partial charge in [-0.15, -0.1) is 0 Å². The molecule has 0 fully saturated rings. The fraction of sp³-hybridized carbons (Fsp3) is 0.160. The Morgan fingerprint density at radius 2 is 1.33 bits per heavy atom. The predicted molar refractivity (Wildman–Crippen MR) is 132 cm³/mol. The summed E-state index contributed by atoms with van der Waals surface area (Å²) in [5.41, 5.74) is 2.49. The third-order valence-electron chi connectivity index (χ3n) is 4.94. The monoisotopic (exact) mass is 464 g/mol. The second kappa shape index (κ2) is 11.2. The topological polar surface area (TPSA) is 90.5 Å². The molecular formula is C25H25ClN4O3. The molecule has 0 heterocycles. The molecule has 0 aliphatic heterocycles. The molecule has 0 unspecified atom stereocenters. The van der Waals surface area contributed by atoms with Gasteiger partial charge in [0.25, 0.3) is 11.8 Å². The van der Waals surface area contributed by atoms with Crippen LogP contribution in [-0.4, -0.2) is 35.8 Å². The van der Waals surface area contributed by atoms with Crippen molar-refractivity contribution in [3.63, 3.8) is 0 Å². The Labute approximate surface area is 197 Å². The molecular weight excluding hydrogens is 440 g/mol. The van der Waals surface area contributed by atoms with Crippen molar-refractivity contribution in [1.29, 1.82) is 0 Å². The molecule has 0 spiro atoms. The Kier molecular flexibility index (Phi) is 8.05. The zero-order valence-electron chi connectivity index (χ0n) is 18.4. The highest BCUT2D eigenvalue weighted by Gasteiger charge is 2.17. The summed E-state index contributed by atoms with van der Waals surface area (Å²) in [6.07, 6.45) is 0. The van der Waals surface area contributed by atoms with Crippen LogP contribution < -0.4 is 16.0 Å². The van der Waals surface area contributed by atoms with E-state index in [-0.39, 0.29) is 22.9 Å². The second-order valence-electron chi connectivity index (χ2n) is 7.15. The van der Waals surface area contributed by atoms with Crippen LogP contribution in [0.3, 0.4) is 0 Å². The lowest BCUT2D eigenvalue weighted by atomic mass is 10.1. The number of nitrogens with one attached hydrogen (secondary N) is 3. The summed E-state index contributed by atoms with van der Waals surface area (Å²) >= 11 is 6.29. The molecule has 3 N–H and O–H groups in total. The first-order chi connectivity index (χ1) is 15.9. The van der Waals surface area contributed by atoms with E-state index in [4.69, 9.17) is 11.6 Å². The standard InChI is InChI=1S/C25H25ClN4O3/c1-3-30(4-2)24(32)21-15-14-20(16-22(21)26)27-23(31)17-10-12-19(13-11-17)29-25(33)28-18-8-6-5-7-9-18/h5-16H,3-4H2,1-2H3,(H,27,31)(H2,28,29,33). The Morgan fingerprint density at radius 1 is 0.758 bits per heavy atom. The second-order valence-corrected chi connectivity index (χ2v) is 7.56. The molecule has 8 heteroatoms. The summed E-state index contributed by atoms with van der Waals surface area (Å²) in [4.78, 5) is 38.9. The number of para-hydroxylation sites is 1. The molecule has 0 saturated heterocycles. The van der Waals surface area contributed by atoms with Crippen LogP contribution in [0, 0.1) is 0 Å². The normalized spacial score (nSPS) is 10.3. The van der Waals surface area contributed by atoms with E-state index < -0.39 is 0 Å². The van der Waals surface area contributed by atoms with E-state index in [9.17, 15) is 14.4 Å². The number of anilines is 3. The van der Waals surface area contributed by atoms with Gasteiger partial charge in [-0.05, 0) is 68.4 Å². The summed E-state index contributed by atoms with van der Waals surface area (Å²) < 4.78 is 0. The van der Waals surface area contributed by atoms with Crippen LogP contribution in [-0.2, 0) is 0 Å². The number of carbonyl (C=O) groups is 3. The quantitative estimate of drug-likeness (QED) is 0.417. The lowest BCUT2D eigenvalue weighted by molar-refractivity contribution is 0.0773. The van der Waals surface area contributed by atoms with Gasteiger partial charge in [0.2, 0.25) is 0 Å². The Bertz CT molecular complexity index is 1130. The van der Waals surface area contributed by atoms with Gasteiger partial charge in [-0.3, -0.25) is 9.59 Å². The molecule has 3 aromatic carbocycles. The van der Waals surface area contributed by atoms with Gasteiger partial charge in [-0.25, -0.2) is 4.79 Å². The van der Waals surface area contributed by atoms with E-state index in [1.165, 1.54) is 0 Å².